The molecule has 1 N–H and O–H groups in total. The highest BCUT2D eigenvalue weighted by atomic mass is 79.9. The summed E-state index contributed by atoms with van der Waals surface area (Å²) >= 11 is 6.73. The monoisotopic (exact) mass is 759 g/mol. The van der Waals surface area contributed by atoms with Crippen molar-refractivity contribution in [3.05, 3.63) is 70.8 Å². The van der Waals surface area contributed by atoms with E-state index >= 15 is 0 Å². The molecule has 0 unspecified atom stereocenters. The molecule has 3 heterocycles. The van der Waals surface area contributed by atoms with Gasteiger partial charge in [-0.3, -0.25) is 14.5 Å². The summed E-state index contributed by atoms with van der Waals surface area (Å²) in [5.41, 5.74) is 5.97. The zero-order valence-corrected chi connectivity index (χ0v) is 31.8. The van der Waals surface area contributed by atoms with Crippen molar-refractivity contribution in [1.29, 1.82) is 0 Å². The lowest BCUT2D eigenvalue weighted by Gasteiger charge is -2.33. The van der Waals surface area contributed by atoms with Gasteiger partial charge in [0.2, 0.25) is 11.8 Å². The second-order valence-corrected chi connectivity index (χ2v) is 14.7. The molecule has 2 amide bonds. The highest BCUT2D eigenvalue weighted by Crippen LogP contribution is 2.30. The third-order valence-corrected chi connectivity index (χ3v) is 10.8. The number of alkyl halides is 2. The van der Waals surface area contributed by atoms with Crippen LogP contribution in [0.25, 0.3) is 0 Å². The molecule has 0 bridgehead atoms. The number of halogens is 2. The van der Waals surface area contributed by atoms with E-state index < -0.39 is 0 Å². The van der Waals surface area contributed by atoms with Gasteiger partial charge >= 0.3 is 0 Å². The van der Waals surface area contributed by atoms with Crippen LogP contribution in [0.4, 0.5) is 0 Å². The largest absolute Gasteiger partial charge is 0.317 e. The number of amides is 2. The number of nitrogens with one attached hydrogen (secondary N) is 1. The van der Waals surface area contributed by atoms with Crippen molar-refractivity contribution in [3.63, 3.8) is 0 Å². The SMILES string of the molecule is BrCCCCCBr.Cc1ccccc1C1CCN(CCCCCN2C(=O)CCCC2=O)CC1.Cc1ccccc1C1CCNCC1. The number of hydrogen-bond acceptors (Lipinski definition) is 4. The Morgan fingerprint density at radius 2 is 1.13 bits per heavy atom. The summed E-state index contributed by atoms with van der Waals surface area (Å²) in [6.45, 7) is 10.9. The fourth-order valence-electron chi connectivity index (χ4n) is 6.89. The number of unbranched alkanes of at least 4 members (excludes halogenated alkanes) is 4. The molecule has 3 aliphatic heterocycles. The number of carbonyl (C=O) groups excluding carboxylic acids is 2. The summed E-state index contributed by atoms with van der Waals surface area (Å²) in [4.78, 5) is 27.6. The molecule has 3 fully saturated rings. The van der Waals surface area contributed by atoms with Crippen LogP contribution in [-0.2, 0) is 9.59 Å². The first-order valence-electron chi connectivity index (χ1n) is 17.9. The van der Waals surface area contributed by atoms with Crippen LogP contribution in [0.2, 0.25) is 0 Å². The van der Waals surface area contributed by atoms with Gasteiger partial charge in [0.25, 0.3) is 0 Å². The maximum atomic E-state index is 11.8. The molecule has 5 rings (SSSR count). The van der Waals surface area contributed by atoms with E-state index in [1.807, 2.05) is 0 Å². The Balaban J connectivity index is 0.000000237. The van der Waals surface area contributed by atoms with Crippen LogP contribution in [0.5, 0.6) is 0 Å². The molecule has 0 aromatic heterocycles. The summed E-state index contributed by atoms with van der Waals surface area (Å²) in [5.74, 6) is 1.56. The van der Waals surface area contributed by atoms with Gasteiger partial charge in [-0.25, -0.2) is 0 Å². The van der Waals surface area contributed by atoms with Crippen LogP contribution in [0.15, 0.2) is 48.5 Å². The summed E-state index contributed by atoms with van der Waals surface area (Å²) in [7, 11) is 0. The lowest BCUT2D eigenvalue weighted by Crippen LogP contribution is -2.40. The van der Waals surface area contributed by atoms with Crippen molar-refractivity contribution in [2.24, 2.45) is 0 Å². The Morgan fingerprint density at radius 1 is 0.652 bits per heavy atom. The van der Waals surface area contributed by atoms with Crippen molar-refractivity contribution >= 4 is 43.7 Å². The van der Waals surface area contributed by atoms with E-state index in [1.165, 1.54) is 92.7 Å². The lowest BCUT2D eigenvalue weighted by molar-refractivity contribution is -0.148. The maximum Gasteiger partial charge on any atom is 0.229 e. The van der Waals surface area contributed by atoms with Crippen LogP contribution in [0.3, 0.4) is 0 Å². The standard InChI is InChI=1S/C22H32N2O2.C12H17N.C5H10Br2/c1-18-8-3-4-9-20(18)19-12-16-23(17-13-19)14-5-2-6-15-24-21(25)10-7-11-22(24)26;1-10-4-2-3-5-12(10)11-6-8-13-9-7-11;6-4-2-1-3-5-7/h3-4,8-9,19H,2,5-7,10-17H2,1H3;2-5,11,13H,6-9H2,1H3;1-5H2. The van der Waals surface area contributed by atoms with Crippen molar-refractivity contribution in [2.75, 3.05) is 49.9 Å². The first-order chi connectivity index (χ1) is 22.4. The quantitative estimate of drug-likeness (QED) is 0.133. The average Bonchev–Trinajstić information content (AvgIpc) is 3.08. The number of aryl methyl sites for hydroxylation is 2. The van der Waals surface area contributed by atoms with E-state index in [0.717, 1.165) is 48.8 Å². The van der Waals surface area contributed by atoms with Gasteiger partial charge in [0.1, 0.15) is 0 Å². The fraction of sp³-hybridized carbons (Fsp3) is 0.641. The molecule has 7 heteroatoms. The molecular formula is C39H59Br2N3O2. The minimum absolute atomic E-state index is 0.0273. The van der Waals surface area contributed by atoms with Gasteiger partial charge < -0.3 is 10.2 Å². The highest BCUT2D eigenvalue weighted by molar-refractivity contribution is 9.09. The number of nitrogens with zero attached hydrogens (tertiary/aromatic N) is 2. The molecule has 256 valence electrons. The molecule has 46 heavy (non-hydrogen) atoms. The van der Waals surface area contributed by atoms with E-state index in [1.54, 1.807) is 5.56 Å². The van der Waals surface area contributed by atoms with E-state index in [0.29, 0.717) is 25.3 Å². The van der Waals surface area contributed by atoms with Crippen molar-refractivity contribution in [1.82, 2.24) is 15.1 Å². The Labute approximate surface area is 296 Å². The molecule has 0 atom stereocenters. The Kier molecular flexibility index (Phi) is 19.4. The molecule has 5 nitrogen and oxygen atoms in total. The first kappa shape index (κ1) is 38.9. The average molecular weight is 762 g/mol. The lowest BCUT2D eigenvalue weighted by atomic mass is 9.87. The van der Waals surface area contributed by atoms with Gasteiger partial charge in [0.15, 0.2) is 0 Å². The summed E-state index contributed by atoms with van der Waals surface area (Å²) < 4.78 is 0. The second kappa shape index (κ2) is 22.9. The first-order valence-corrected chi connectivity index (χ1v) is 20.2. The van der Waals surface area contributed by atoms with Gasteiger partial charge in [-0.2, -0.15) is 0 Å². The third-order valence-electron chi connectivity index (χ3n) is 9.69. The molecule has 0 saturated carbocycles. The zero-order valence-electron chi connectivity index (χ0n) is 28.6. The molecule has 2 aromatic carbocycles. The van der Waals surface area contributed by atoms with Gasteiger partial charge in [0, 0.05) is 30.0 Å². The predicted molar refractivity (Wildman–Crippen MR) is 201 cm³/mol. The number of piperidine rings is 3. The normalized spacial score (nSPS) is 18.0. The summed E-state index contributed by atoms with van der Waals surface area (Å²) in [6, 6.07) is 17.6. The second-order valence-electron chi connectivity index (χ2n) is 13.1. The number of rotatable bonds is 12. The summed E-state index contributed by atoms with van der Waals surface area (Å²) in [5, 5.41) is 5.71. The van der Waals surface area contributed by atoms with Crippen molar-refractivity contribution in [3.8, 4) is 0 Å². The molecule has 3 saturated heterocycles. The van der Waals surface area contributed by atoms with Crippen LogP contribution in [0, 0.1) is 13.8 Å². The summed E-state index contributed by atoms with van der Waals surface area (Å²) in [6.07, 6.45) is 14.1. The minimum Gasteiger partial charge on any atom is -0.317 e. The van der Waals surface area contributed by atoms with Gasteiger partial charge in [0.05, 0.1) is 0 Å². The van der Waals surface area contributed by atoms with Gasteiger partial charge in [-0.15, -0.1) is 0 Å². The molecular weight excluding hydrogens is 702 g/mol. The number of benzene rings is 2. The molecule has 3 aliphatic rings. The van der Waals surface area contributed by atoms with E-state index in [-0.39, 0.29) is 11.8 Å². The van der Waals surface area contributed by atoms with E-state index in [2.05, 4.69) is 104 Å². The van der Waals surface area contributed by atoms with Crippen molar-refractivity contribution < 1.29 is 9.59 Å². The topological polar surface area (TPSA) is 52.7 Å². The molecule has 0 spiro atoms. The van der Waals surface area contributed by atoms with Gasteiger partial charge in [-0.1, -0.05) is 93.2 Å². The predicted octanol–water partition coefficient (Wildman–Crippen LogP) is 9.29. The fourth-order valence-corrected chi connectivity index (χ4v) is 7.68. The van der Waals surface area contributed by atoms with E-state index in [9.17, 15) is 9.59 Å². The molecule has 0 radical (unpaired) electrons. The number of imide groups is 1. The van der Waals surface area contributed by atoms with Crippen LogP contribution in [0.1, 0.15) is 118 Å². The van der Waals surface area contributed by atoms with E-state index in [4.69, 9.17) is 0 Å². The van der Waals surface area contributed by atoms with Gasteiger partial charge in [-0.05, 0) is 138 Å². The number of hydrogen-bond donors (Lipinski definition) is 1. The smallest absolute Gasteiger partial charge is 0.229 e. The minimum atomic E-state index is 0.0273. The Morgan fingerprint density at radius 3 is 1.65 bits per heavy atom. The molecule has 2 aromatic rings. The number of carbonyl (C=O) groups is 2. The van der Waals surface area contributed by atoms with Crippen molar-refractivity contribution in [2.45, 2.75) is 109 Å². The zero-order chi connectivity index (χ0) is 33.0. The molecule has 0 aliphatic carbocycles. The maximum absolute atomic E-state index is 11.8. The Hall–Kier alpha value is -1.54. The highest BCUT2D eigenvalue weighted by Gasteiger charge is 2.25. The third kappa shape index (κ3) is 13.9. The van der Waals surface area contributed by atoms with Crippen LogP contribution in [-0.4, -0.2) is 71.5 Å². The Bertz CT molecular complexity index is 1130. The van der Waals surface area contributed by atoms with Crippen LogP contribution >= 0.6 is 31.9 Å². The van der Waals surface area contributed by atoms with Crippen LogP contribution < -0.4 is 5.32 Å². The number of likely N-dealkylation sites (tertiary alicyclic amines) is 2.